The van der Waals surface area contributed by atoms with E-state index in [1.165, 1.54) is 61.2 Å². The van der Waals surface area contributed by atoms with E-state index in [2.05, 4.69) is 146 Å². The second-order valence-corrected chi connectivity index (χ2v) is 11.9. The van der Waals surface area contributed by atoms with Crippen molar-refractivity contribution in [2.45, 2.75) is 48.5 Å². The Morgan fingerprint density at radius 3 is 0.977 bits per heavy atom. The summed E-state index contributed by atoms with van der Waals surface area (Å²) in [4.78, 5) is 15.0. The standard InChI is InChI=1S/C40H37N3/c1-24-8-12-31(13-9-24)38-41-39(32-14-18-36(29(6)22-32)34-16-10-25(2)20-27(34)4)43-40(42-38)33-15-19-37(30(7)23-33)35-17-11-26(3)21-28(35)5/h8-23H,1-7H3. The normalized spacial score (nSPS) is 11.1. The van der Waals surface area contributed by atoms with Crippen molar-refractivity contribution in [1.29, 1.82) is 0 Å². The summed E-state index contributed by atoms with van der Waals surface area (Å²) in [7, 11) is 0. The zero-order valence-corrected chi connectivity index (χ0v) is 26.1. The maximum absolute atomic E-state index is 5.04. The van der Waals surface area contributed by atoms with Gasteiger partial charge in [-0.1, -0.05) is 102 Å². The van der Waals surface area contributed by atoms with Gasteiger partial charge in [0, 0.05) is 16.7 Å². The minimum Gasteiger partial charge on any atom is -0.208 e. The molecule has 0 fully saturated rings. The van der Waals surface area contributed by atoms with E-state index >= 15 is 0 Å². The second kappa shape index (κ2) is 11.4. The molecule has 1 aromatic heterocycles. The lowest BCUT2D eigenvalue weighted by molar-refractivity contribution is 1.07. The smallest absolute Gasteiger partial charge is 0.164 e. The monoisotopic (exact) mass is 559 g/mol. The van der Waals surface area contributed by atoms with Gasteiger partial charge >= 0.3 is 0 Å². The zero-order valence-electron chi connectivity index (χ0n) is 26.1. The molecule has 0 N–H and O–H groups in total. The fraction of sp³-hybridized carbons (Fsp3) is 0.175. The van der Waals surface area contributed by atoms with Crippen LogP contribution >= 0.6 is 0 Å². The number of rotatable bonds is 5. The van der Waals surface area contributed by atoms with Crippen LogP contribution in [0.4, 0.5) is 0 Å². The Hall–Kier alpha value is -4.89. The van der Waals surface area contributed by atoms with Crippen molar-refractivity contribution in [3.05, 3.63) is 136 Å². The molecule has 0 aliphatic heterocycles. The van der Waals surface area contributed by atoms with Gasteiger partial charge in [-0.15, -0.1) is 0 Å². The van der Waals surface area contributed by atoms with Crippen molar-refractivity contribution < 1.29 is 0 Å². The molecule has 43 heavy (non-hydrogen) atoms. The Morgan fingerprint density at radius 1 is 0.302 bits per heavy atom. The molecule has 0 saturated carbocycles. The summed E-state index contributed by atoms with van der Waals surface area (Å²) in [6.07, 6.45) is 0. The third-order valence-corrected chi connectivity index (χ3v) is 8.26. The highest BCUT2D eigenvalue weighted by molar-refractivity contribution is 5.77. The summed E-state index contributed by atoms with van der Waals surface area (Å²) in [6.45, 7) is 15.0. The molecule has 5 aromatic carbocycles. The Labute approximate surface area is 255 Å². The van der Waals surface area contributed by atoms with Gasteiger partial charge in [-0.3, -0.25) is 0 Å². The quantitative estimate of drug-likeness (QED) is 0.211. The van der Waals surface area contributed by atoms with Gasteiger partial charge in [-0.2, -0.15) is 0 Å². The highest BCUT2D eigenvalue weighted by Crippen LogP contribution is 2.33. The van der Waals surface area contributed by atoms with Crippen molar-refractivity contribution >= 4 is 0 Å². The molecule has 3 heteroatoms. The third kappa shape index (κ3) is 5.76. The first-order valence-corrected chi connectivity index (χ1v) is 14.9. The van der Waals surface area contributed by atoms with Crippen LogP contribution in [-0.2, 0) is 0 Å². The number of nitrogens with zero attached hydrogens (tertiary/aromatic N) is 3. The highest BCUT2D eigenvalue weighted by atomic mass is 15.0. The fourth-order valence-corrected chi connectivity index (χ4v) is 5.91. The Morgan fingerprint density at radius 2 is 0.605 bits per heavy atom. The summed E-state index contributed by atoms with van der Waals surface area (Å²) >= 11 is 0. The molecule has 0 spiro atoms. The summed E-state index contributed by atoms with van der Waals surface area (Å²) in [6, 6.07) is 34.7. The second-order valence-electron chi connectivity index (χ2n) is 11.9. The number of benzene rings is 5. The van der Waals surface area contributed by atoms with Crippen LogP contribution in [0.5, 0.6) is 0 Å². The topological polar surface area (TPSA) is 38.7 Å². The molecule has 0 aliphatic rings. The van der Waals surface area contributed by atoms with E-state index in [1.54, 1.807) is 0 Å². The lowest BCUT2D eigenvalue weighted by atomic mass is 9.93. The molecular weight excluding hydrogens is 522 g/mol. The van der Waals surface area contributed by atoms with E-state index in [-0.39, 0.29) is 0 Å². The van der Waals surface area contributed by atoms with Crippen LogP contribution in [0.15, 0.2) is 97.1 Å². The van der Waals surface area contributed by atoms with Crippen LogP contribution in [0.3, 0.4) is 0 Å². The molecule has 6 aromatic rings. The minimum atomic E-state index is 0.673. The van der Waals surface area contributed by atoms with E-state index in [9.17, 15) is 0 Å². The van der Waals surface area contributed by atoms with Crippen LogP contribution < -0.4 is 0 Å². The molecule has 0 bridgehead atoms. The third-order valence-electron chi connectivity index (χ3n) is 8.26. The Balaban J connectivity index is 1.46. The molecule has 3 nitrogen and oxygen atoms in total. The Kier molecular flexibility index (Phi) is 7.50. The van der Waals surface area contributed by atoms with E-state index < -0.39 is 0 Å². The van der Waals surface area contributed by atoms with Crippen molar-refractivity contribution in [1.82, 2.24) is 15.0 Å². The number of hydrogen-bond acceptors (Lipinski definition) is 3. The minimum absolute atomic E-state index is 0.673. The van der Waals surface area contributed by atoms with Crippen LogP contribution in [0.25, 0.3) is 56.4 Å². The van der Waals surface area contributed by atoms with Gasteiger partial charge < -0.3 is 0 Å². The van der Waals surface area contributed by atoms with E-state index in [0.29, 0.717) is 17.5 Å². The van der Waals surface area contributed by atoms with E-state index in [0.717, 1.165) is 16.7 Å². The molecule has 6 rings (SSSR count). The molecule has 0 unspecified atom stereocenters. The maximum atomic E-state index is 5.04. The van der Waals surface area contributed by atoms with Crippen molar-refractivity contribution in [3.63, 3.8) is 0 Å². The van der Waals surface area contributed by atoms with Gasteiger partial charge in [0.05, 0.1) is 0 Å². The summed E-state index contributed by atoms with van der Waals surface area (Å²) in [5, 5.41) is 0. The van der Waals surface area contributed by atoms with Crippen LogP contribution in [-0.4, -0.2) is 15.0 Å². The lowest BCUT2D eigenvalue weighted by Gasteiger charge is -2.14. The van der Waals surface area contributed by atoms with Gasteiger partial charge in [-0.05, 0) is 105 Å². The van der Waals surface area contributed by atoms with Gasteiger partial charge in [-0.25, -0.2) is 15.0 Å². The first-order chi connectivity index (χ1) is 20.7. The number of aromatic nitrogens is 3. The first kappa shape index (κ1) is 28.2. The van der Waals surface area contributed by atoms with Crippen LogP contribution in [0.1, 0.15) is 38.9 Å². The first-order valence-electron chi connectivity index (χ1n) is 14.9. The molecule has 0 radical (unpaired) electrons. The maximum Gasteiger partial charge on any atom is 0.164 e. The van der Waals surface area contributed by atoms with Crippen molar-refractivity contribution in [3.8, 4) is 56.4 Å². The van der Waals surface area contributed by atoms with Gasteiger partial charge in [0.25, 0.3) is 0 Å². The van der Waals surface area contributed by atoms with Crippen LogP contribution in [0, 0.1) is 48.5 Å². The molecule has 0 amide bonds. The average molecular weight is 560 g/mol. The predicted octanol–water partition coefficient (Wildman–Crippen LogP) is 10.4. The van der Waals surface area contributed by atoms with Crippen molar-refractivity contribution in [2.75, 3.05) is 0 Å². The van der Waals surface area contributed by atoms with Gasteiger partial charge in [0.1, 0.15) is 0 Å². The molecular formula is C40H37N3. The highest BCUT2D eigenvalue weighted by Gasteiger charge is 2.15. The predicted molar refractivity (Wildman–Crippen MR) is 180 cm³/mol. The van der Waals surface area contributed by atoms with E-state index in [4.69, 9.17) is 15.0 Å². The molecule has 0 aliphatic carbocycles. The summed E-state index contributed by atoms with van der Waals surface area (Å²) in [5.74, 6) is 2.02. The number of hydrogen-bond donors (Lipinski definition) is 0. The largest absolute Gasteiger partial charge is 0.208 e. The van der Waals surface area contributed by atoms with Gasteiger partial charge in [0.15, 0.2) is 17.5 Å². The Bertz CT molecular complexity index is 1860. The van der Waals surface area contributed by atoms with Crippen molar-refractivity contribution in [2.24, 2.45) is 0 Å². The van der Waals surface area contributed by atoms with Crippen LogP contribution in [0.2, 0.25) is 0 Å². The average Bonchev–Trinajstić information content (AvgIpc) is 2.98. The zero-order chi connectivity index (χ0) is 30.2. The SMILES string of the molecule is Cc1ccc(-c2nc(-c3ccc(-c4ccc(C)cc4C)c(C)c3)nc(-c3ccc(-c4ccc(C)cc4C)c(C)c3)n2)cc1. The van der Waals surface area contributed by atoms with Gasteiger partial charge in [0.2, 0.25) is 0 Å². The molecule has 212 valence electrons. The lowest BCUT2D eigenvalue weighted by Crippen LogP contribution is -2.01. The molecule has 1 heterocycles. The summed E-state index contributed by atoms with van der Waals surface area (Å²) in [5.41, 5.74) is 16.6. The number of aryl methyl sites for hydroxylation is 7. The summed E-state index contributed by atoms with van der Waals surface area (Å²) < 4.78 is 0. The van der Waals surface area contributed by atoms with E-state index in [1.807, 2.05) is 0 Å². The molecule has 0 saturated heterocycles. The fourth-order valence-electron chi connectivity index (χ4n) is 5.91. The molecule has 0 atom stereocenters.